The lowest BCUT2D eigenvalue weighted by Gasteiger charge is -2.19. The van der Waals surface area contributed by atoms with Crippen LogP contribution in [0.3, 0.4) is 0 Å². The largest absolute Gasteiger partial charge is 0.488 e. The summed E-state index contributed by atoms with van der Waals surface area (Å²) in [6.45, 7) is 8.01. The van der Waals surface area contributed by atoms with E-state index in [0.717, 1.165) is 20.9 Å². The van der Waals surface area contributed by atoms with Crippen LogP contribution in [0.4, 0.5) is 4.79 Å². The Morgan fingerprint density at radius 1 is 1.13 bits per heavy atom. The molecule has 0 aliphatic rings. The Hall–Kier alpha value is -2.87. The molecule has 8 heteroatoms. The molecule has 0 aliphatic heterocycles. The topological polar surface area (TPSA) is 82.6 Å². The Morgan fingerprint density at radius 3 is 2.71 bits per heavy atom. The molecule has 1 N–H and O–H groups in total. The highest BCUT2D eigenvalue weighted by molar-refractivity contribution is 9.10. The number of nitrogens with zero attached hydrogens (tertiary/aromatic N) is 2. The van der Waals surface area contributed by atoms with Crippen LogP contribution in [0.1, 0.15) is 33.3 Å². The van der Waals surface area contributed by atoms with Crippen LogP contribution >= 0.6 is 15.9 Å². The number of carbonyl (C=O) groups excluding carboxylic acids is 1. The van der Waals surface area contributed by atoms with Gasteiger partial charge >= 0.3 is 6.09 Å². The number of pyridine rings is 2. The first-order chi connectivity index (χ1) is 14.7. The van der Waals surface area contributed by atoms with Crippen molar-refractivity contribution in [2.45, 2.75) is 45.9 Å². The van der Waals surface area contributed by atoms with Crippen LogP contribution in [0.5, 0.6) is 11.5 Å². The fourth-order valence-electron chi connectivity index (χ4n) is 2.75. The summed E-state index contributed by atoms with van der Waals surface area (Å²) in [5, 5.41) is 3.70. The maximum Gasteiger partial charge on any atom is 0.407 e. The van der Waals surface area contributed by atoms with Crippen LogP contribution in [0.15, 0.2) is 53.4 Å². The number of hydrogen-bond acceptors (Lipinski definition) is 6. The maximum absolute atomic E-state index is 11.8. The Balaban J connectivity index is 1.51. The van der Waals surface area contributed by atoms with Crippen molar-refractivity contribution in [1.29, 1.82) is 0 Å². The number of carbonyl (C=O) groups is 1. The van der Waals surface area contributed by atoms with Crippen LogP contribution in [0, 0.1) is 0 Å². The molecular weight excluding hydrogens is 462 g/mol. The number of aromatic nitrogens is 2. The van der Waals surface area contributed by atoms with Gasteiger partial charge in [0.2, 0.25) is 0 Å². The molecule has 164 valence electrons. The minimum atomic E-state index is -0.541. The first-order valence-corrected chi connectivity index (χ1v) is 10.7. The molecule has 1 atom stereocenters. The van der Waals surface area contributed by atoms with Gasteiger partial charge in [0.05, 0.1) is 17.9 Å². The molecular formula is C23H26BrN3O4. The number of ether oxygens (including phenoxy) is 3. The number of benzene rings is 1. The van der Waals surface area contributed by atoms with E-state index in [1.165, 1.54) is 0 Å². The van der Waals surface area contributed by atoms with E-state index in [1.54, 1.807) is 18.6 Å². The highest BCUT2D eigenvalue weighted by Crippen LogP contribution is 2.23. The minimum Gasteiger partial charge on any atom is -0.488 e. The summed E-state index contributed by atoms with van der Waals surface area (Å²) in [5.41, 5.74) is 1.17. The third-order valence-corrected chi connectivity index (χ3v) is 4.54. The van der Waals surface area contributed by atoms with Gasteiger partial charge in [-0.15, -0.1) is 0 Å². The Bertz CT molecular complexity index is 1050. The molecule has 0 saturated carbocycles. The fraction of sp³-hybridized carbons (Fsp3) is 0.348. The van der Waals surface area contributed by atoms with Crippen LogP contribution in [0.25, 0.3) is 10.9 Å². The molecule has 2 aromatic heterocycles. The van der Waals surface area contributed by atoms with Crippen LogP contribution in [-0.4, -0.2) is 34.4 Å². The number of nitrogens with one attached hydrogen (secondary N) is 1. The van der Waals surface area contributed by atoms with Crippen LogP contribution in [0.2, 0.25) is 0 Å². The zero-order chi connectivity index (χ0) is 22.4. The molecule has 0 aliphatic carbocycles. The minimum absolute atomic E-state index is 0.199. The third kappa shape index (κ3) is 7.40. The second-order valence-corrected chi connectivity index (χ2v) is 9.05. The van der Waals surface area contributed by atoms with Gasteiger partial charge in [-0.3, -0.25) is 9.97 Å². The summed E-state index contributed by atoms with van der Waals surface area (Å²) in [5.74, 6) is 1.27. The predicted molar refractivity (Wildman–Crippen MR) is 122 cm³/mol. The third-order valence-electron chi connectivity index (χ3n) is 4.05. The number of fused-ring (bicyclic) bond motifs is 1. The summed E-state index contributed by atoms with van der Waals surface area (Å²) < 4.78 is 18.0. The second kappa shape index (κ2) is 9.96. The summed E-state index contributed by atoms with van der Waals surface area (Å²) in [4.78, 5) is 20.4. The highest BCUT2D eigenvalue weighted by Gasteiger charge is 2.16. The summed E-state index contributed by atoms with van der Waals surface area (Å²) in [6, 6.07) is 9.68. The molecule has 0 unspecified atom stereocenters. The van der Waals surface area contributed by atoms with E-state index in [0.29, 0.717) is 24.7 Å². The summed E-state index contributed by atoms with van der Waals surface area (Å²) >= 11 is 3.47. The lowest BCUT2D eigenvalue weighted by molar-refractivity contribution is 0.0523. The zero-order valence-electron chi connectivity index (χ0n) is 18.0. The van der Waals surface area contributed by atoms with Crippen molar-refractivity contribution >= 4 is 32.9 Å². The van der Waals surface area contributed by atoms with Gasteiger partial charge in [-0.25, -0.2) is 4.79 Å². The quantitative estimate of drug-likeness (QED) is 0.489. The molecule has 7 nitrogen and oxygen atoms in total. The van der Waals surface area contributed by atoms with E-state index < -0.39 is 11.7 Å². The van der Waals surface area contributed by atoms with Crippen LogP contribution in [-0.2, 0) is 11.3 Å². The molecule has 0 radical (unpaired) electrons. The molecule has 3 rings (SSSR count). The molecule has 0 fully saturated rings. The normalized spacial score (nSPS) is 12.3. The van der Waals surface area contributed by atoms with E-state index in [1.807, 2.05) is 58.0 Å². The van der Waals surface area contributed by atoms with Gasteiger partial charge in [0, 0.05) is 22.6 Å². The monoisotopic (exact) mass is 487 g/mol. The average molecular weight is 488 g/mol. The van der Waals surface area contributed by atoms with Gasteiger partial charge in [-0.2, -0.15) is 0 Å². The lowest BCUT2D eigenvalue weighted by Crippen LogP contribution is -2.32. The summed E-state index contributed by atoms with van der Waals surface area (Å²) in [7, 11) is 0. The predicted octanol–water partition coefficient (Wildman–Crippen LogP) is 5.26. The first-order valence-electron chi connectivity index (χ1n) is 9.93. The van der Waals surface area contributed by atoms with Crippen molar-refractivity contribution in [1.82, 2.24) is 15.3 Å². The Morgan fingerprint density at radius 2 is 1.94 bits per heavy atom. The van der Waals surface area contributed by atoms with Crippen molar-refractivity contribution in [3.05, 3.63) is 59.0 Å². The van der Waals surface area contributed by atoms with Crippen molar-refractivity contribution in [3.8, 4) is 11.5 Å². The number of halogens is 1. The van der Waals surface area contributed by atoms with E-state index in [9.17, 15) is 4.79 Å². The smallest absolute Gasteiger partial charge is 0.407 e. The first kappa shape index (κ1) is 22.8. The number of amides is 1. The maximum atomic E-state index is 11.8. The van der Waals surface area contributed by atoms with Gasteiger partial charge in [0.15, 0.2) is 0 Å². The van der Waals surface area contributed by atoms with Crippen LogP contribution < -0.4 is 14.8 Å². The zero-order valence-corrected chi connectivity index (χ0v) is 19.6. The molecule has 1 aromatic carbocycles. The number of rotatable bonds is 7. The molecule has 0 saturated heterocycles. The van der Waals surface area contributed by atoms with E-state index in [2.05, 4.69) is 31.2 Å². The summed E-state index contributed by atoms with van der Waals surface area (Å²) in [6.07, 6.45) is 4.32. The van der Waals surface area contributed by atoms with Crippen molar-refractivity contribution in [2.75, 3.05) is 6.61 Å². The van der Waals surface area contributed by atoms with Crippen molar-refractivity contribution < 1.29 is 19.0 Å². The van der Waals surface area contributed by atoms with Gasteiger partial charge in [-0.05, 0) is 63.6 Å². The average Bonchev–Trinajstić information content (AvgIpc) is 2.69. The van der Waals surface area contributed by atoms with Gasteiger partial charge in [0.1, 0.15) is 29.8 Å². The molecule has 1 amide bonds. The Labute approximate surface area is 190 Å². The standard InChI is InChI=1S/C23H26BrN3O4/c1-15(30-20-9-17-8-18(24)5-6-21(17)26-13-20)14-29-19-7-16(10-25-12-19)11-27-22(28)31-23(2,3)4/h5-10,12-13,15H,11,14H2,1-4H3,(H,27,28)/t15-/m0/s1. The molecule has 0 spiro atoms. The van der Waals surface area contributed by atoms with Gasteiger partial charge in [-0.1, -0.05) is 15.9 Å². The van der Waals surface area contributed by atoms with Gasteiger partial charge < -0.3 is 19.5 Å². The number of hydrogen-bond donors (Lipinski definition) is 1. The molecule has 0 bridgehead atoms. The molecule has 2 heterocycles. The molecule has 31 heavy (non-hydrogen) atoms. The second-order valence-electron chi connectivity index (χ2n) is 8.13. The highest BCUT2D eigenvalue weighted by atomic mass is 79.9. The lowest BCUT2D eigenvalue weighted by atomic mass is 10.2. The number of alkyl carbamates (subject to hydrolysis) is 1. The SMILES string of the molecule is C[C@@H](COc1cncc(CNC(=O)OC(C)(C)C)c1)Oc1cnc2ccc(Br)cc2c1. The van der Waals surface area contributed by atoms with E-state index in [-0.39, 0.29) is 6.10 Å². The Kier molecular flexibility index (Phi) is 7.33. The van der Waals surface area contributed by atoms with Gasteiger partial charge in [0.25, 0.3) is 0 Å². The van der Waals surface area contributed by atoms with Crippen molar-refractivity contribution in [3.63, 3.8) is 0 Å². The molecule has 3 aromatic rings. The van der Waals surface area contributed by atoms with E-state index in [4.69, 9.17) is 14.2 Å². The van der Waals surface area contributed by atoms with E-state index >= 15 is 0 Å². The van der Waals surface area contributed by atoms with Crippen molar-refractivity contribution in [2.24, 2.45) is 0 Å². The fourth-order valence-corrected chi connectivity index (χ4v) is 3.13.